The molecule has 3 N–H and O–H groups in total. The van der Waals surface area contributed by atoms with E-state index < -0.39 is 17.1 Å². The molecular formula is C18H15N3O5S. The summed E-state index contributed by atoms with van der Waals surface area (Å²) in [6.45, 7) is 0. The van der Waals surface area contributed by atoms with Crippen molar-refractivity contribution < 1.29 is 24.9 Å². The number of phenols is 2. The van der Waals surface area contributed by atoms with Crippen LogP contribution in [0.2, 0.25) is 0 Å². The second-order valence-electron chi connectivity index (χ2n) is 5.58. The third-order valence-electron chi connectivity index (χ3n) is 3.68. The van der Waals surface area contributed by atoms with Crippen LogP contribution in [0.25, 0.3) is 0 Å². The molecule has 0 aliphatic carbocycles. The summed E-state index contributed by atoms with van der Waals surface area (Å²) in [4.78, 5) is 24.9. The predicted molar refractivity (Wildman–Crippen MR) is 102 cm³/mol. The Bertz CT molecular complexity index is 927. The number of benzene rings is 2. The van der Waals surface area contributed by atoms with E-state index in [1.807, 2.05) is 0 Å². The minimum atomic E-state index is -1.09. The minimum Gasteiger partial charge on any atom is -0.508 e. The number of aromatic hydroxyl groups is 2. The van der Waals surface area contributed by atoms with Gasteiger partial charge in [-0.2, -0.15) is 5.10 Å². The Morgan fingerprint density at radius 2 is 1.85 bits per heavy atom. The van der Waals surface area contributed by atoms with Gasteiger partial charge < -0.3 is 15.3 Å². The summed E-state index contributed by atoms with van der Waals surface area (Å²) < 4.78 is 0. The molecule has 0 bridgehead atoms. The van der Waals surface area contributed by atoms with Gasteiger partial charge in [-0.15, -0.1) is 5.10 Å². The van der Waals surface area contributed by atoms with Gasteiger partial charge in [-0.1, -0.05) is 23.9 Å². The second kappa shape index (κ2) is 7.92. The first-order valence-electron chi connectivity index (χ1n) is 7.86. The molecule has 1 amide bonds. The first kappa shape index (κ1) is 18.5. The average Bonchev–Trinajstić information content (AvgIpc) is 2.92. The Hall–Kier alpha value is -3.33. The second-order valence-corrected chi connectivity index (χ2v) is 6.75. The van der Waals surface area contributed by atoms with Crippen LogP contribution in [0, 0.1) is 0 Å². The molecule has 1 aliphatic heterocycles. The van der Waals surface area contributed by atoms with E-state index in [-0.39, 0.29) is 23.1 Å². The van der Waals surface area contributed by atoms with Crippen LogP contribution in [-0.2, 0) is 9.59 Å². The number of amides is 1. The summed E-state index contributed by atoms with van der Waals surface area (Å²) in [5, 5.41) is 35.5. The van der Waals surface area contributed by atoms with Crippen LogP contribution < -0.4 is 4.90 Å². The van der Waals surface area contributed by atoms with Gasteiger partial charge in [0, 0.05) is 5.56 Å². The first-order chi connectivity index (χ1) is 13.0. The van der Waals surface area contributed by atoms with Crippen molar-refractivity contribution in [2.45, 2.75) is 11.7 Å². The van der Waals surface area contributed by atoms with Gasteiger partial charge in [-0.05, 0) is 36.4 Å². The van der Waals surface area contributed by atoms with Crippen molar-refractivity contribution in [3.63, 3.8) is 0 Å². The summed E-state index contributed by atoms with van der Waals surface area (Å²) in [6, 6.07) is 12.4. The standard InChI is InChI=1S/C18H15N3O5S/c22-13-7-5-12(6-8-13)21-17(26)15(9-16(24)25)27-18(21)20-19-10-11-3-1-2-4-14(11)23/h1-8,10,15,22-23H,9H2,(H,24,25)/b19-10+,20-18+/t15-/m0/s1. The fourth-order valence-corrected chi connectivity index (χ4v) is 3.48. The van der Waals surface area contributed by atoms with E-state index in [0.717, 1.165) is 11.8 Å². The molecule has 0 unspecified atom stereocenters. The summed E-state index contributed by atoms with van der Waals surface area (Å²) in [5.74, 6) is -1.44. The summed E-state index contributed by atoms with van der Waals surface area (Å²) in [6.07, 6.45) is 0.993. The fourth-order valence-electron chi connectivity index (χ4n) is 2.40. The van der Waals surface area contributed by atoms with Crippen molar-refractivity contribution in [1.82, 2.24) is 0 Å². The Morgan fingerprint density at radius 3 is 2.52 bits per heavy atom. The van der Waals surface area contributed by atoms with E-state index in [4.69, 9.17) is 5.11 Å². The molecule has 0 spiro atoms. The molecule has 3 rings (SSSR count). The van der Waals surface area contributed by atoms with Gasteiger partial charge in [0.15, 0.2) is 5.17 Å². The molecule has 1 aliphatic rings. The molecule has 1 heterocycles. The number of carbonyl (C=O) groups excluding carboxylic acids is 1. The van der Waals surface area contributed by atoms with Crippen LogP contribution >= 0.6 is 11.8 Å². The molecule has 1 fully saturated rings. The molecule has 2 aromatic rings. The predicted octanol–water partition coefficient (Wildman–Crippen LogP) is 2.41. The van der Waals surface area contributed by atoms with Gasteiger partial charge in [0.2, 0.25) is 5.91 Å². The highest BCUT2D eigenvalue weighted by Crippen LogP contribution is 2.34. The molecule has 138 valence electrons. The number of carbonyl (C=O) groups is 2. The number of para-hydroxylation sites is 1. The molecule has 0 aromatic heterocycles. The number of phenolic OH excluding ortho intramolecular Hbond substituents is 2. The van der Waals surface area contributed by atoms with Gasteiger partial charge in [0.25, 0.3) is 0 Å². The molecular weight excluding hydrogens is 370 g/mol. The zero-order valence-corrected chi connectivity index (χ0v) is 14.7. The molecule has 9 heteroatoms. The largest absolute Gasteiger partial charge is 0.508 e. The smallest absolute Gasteiger partial charge is 0.305 e. The number of amidine groups is 1. The van der Waals surface area contributed by atoms with Crippen molar-refractivity contribution in [2.24, 2.45) is 10.2 Å². The van der Waals surface area contributed by atoms with E-state index in [0.29, 0.717) is 11.3 Å². The molecule has 27 heavy (non-hydrogen) atoms. The zero-order chi connectivity index (χ0) is 19.4. The number of thioether (sulfide) groups is 1. The number of nitrogens with zero attached hydrogens (tertiary/aromatic N) is 3. The van der Waals surface area contributed by atoms with Gasteiger partial charge in [-0.25, -0.2) is 0 Å². The monoisotopic (exact) mass is 385 g/mol. The van der Waals surface area contributed by atoms with Gasteiger partial charge in [0.1, 0.15) is 16.7 Å². The third-order valence-corrected chi connectivity index (χ3v) is 4.81. The molecule has 1 atom stereocenters. The third kappa shape index (κ3) is 4.26. The number of hydrogen-bond acceptors (Lipinski definition) is 7. The lowest BCUT2D eigenvalue weighted by Gasteiger charge is -2.15. The Labute approximate surface area is 158 Å². The van der Waals surface area contributed by atoms with Crippen molar-refractivity contribution >= 4 is 40.7 Å². The summed E-state index contributed by atoms with van der Waals surface area (Å²) in [7, 11) is 0. The van der Waals surface area contributed by atoms with Crippen LogP contribution in [-0.4, -0.2) is 43.8 Å². The highest BCUT2D eigenvalue weighted by atomic mass is 32.2. The highest BCUT2D eigenvalue weighted by molar-refractivity contribution is 8.16. The summed E-state index contributed by atoms with van der Waals surface area (Å²) in [5.41, 5.74) is 0.893. The van der Waals surface area contributed by atoms with Crippen LogP contribution in [0.15, 0.2) is 58.7 Å². The van der Waals surface area contributed by atoms with Gasteiger partial charge in [-0.3, -0.25) is 14.5 Å². The molecule has 1 saturated heterocycles. The lowest BCUT2D eigenvalue weighted by molar-refractivity contribution is -0.138. The molecule has 0 radical (unpaired) electrons. The highest BCUT2D eigenvalue weighted by Gasteiger charge is 2.40. The van der Waals surface area contributed by atoms with Crippen molar-refractivity contribution in [3.05, 3.63) is 54.1 Å². The Balaban J connectivity index is 1.91. The molecule has 2 aromatic carbocycles. The van der Waals surface area contributed by atoms with Crippen molar-refractivity contribution in [3.8, 4) is 11.5 Å². The van der Waals surface area contributed by atoms with Crippen LogP contribution in [0.1, 0.15) is 12.0 Å². The van der Waals surface area contributed by atoms with E-state index in [1.54, 1.807) is 18.2 Å². The average molecular weight is 385 g/mol. The van der Waals surface area contributed by atoms with Crippen molar-refractivity contribution in [1.29, 1.82) is 0 Å². The normalized spacial score (nSPS) is 18.5. The fraction of sp³-hybridized carbons (Fsp3) is 0.111. The summed E-state index contributed by atoms with van der Waals surface area (Å²) >= 11 is 1.00. The molecule has 8 nitrogen and oxygen atoms in total. The quantitative estimate of drug-likeness (QED) is 0.536. The van der Waals surface area contributed by atoms with E-state index in [1.165, 1.54) is 41.4 Å². The number of carboxylic acid groups (broad SMARTS) is 1. The number of anilines is 1. The lowest BCUT2D eigenvalue weighted by atomic mass is 10.2. The number of hydrogen-bond donors (Lipinski definition) is 3. The van der Waals surface area contributed by atoms with E-state index in [2.05, 4.69) is 10.2 Å². The Morgan fingerprint density at radius 1 is 1.15 bits per heavy atom. The SMILES string of the molecule is O=C(O)C[C@@H]1S/C(=N/N=C/c2ccccc2O)N(c2ccc(O)cc2)C1=O. The lowest BCUT2D eigenvalue weighted by Crippen LogP contribution is -2.32. The first-order valence-corrected chi connectivity index (χ1v) is 8.74. The van der Waals surface area contributed by atoms with Crippen LogP contribution in [0.5, 0.6) is 11.5 Å². The van der Waals surface area contributed by atoms with Crippen LogP contribution in [0.4, 0.5) is 5.69 Å². The topological polar surface area (TPSA) is 123 Å². The van der Waals surface area contributed by atoms with Crippen molar-refractivity contribution in [2.75, 3.05) is 4.90 Å². The maximum absolute atomic E-state index is 12.6. The maximum Gasteiger partial charge on any atom is 0.305 e. The van der Waals surface area contributed by atoms with E-state index in [9.17, 15) is 19.8 Å². The zero-order valence-electron chi connectivity index (χ0n) is 13.9. The number of carboxylic acids is 1. The van der Waals surface area contributed by atoms with Crippen LogP contribution in [0.3, 0.4) is 0 Å². The van der Waals surface area contributed by atoms with Gasteiger partial charge in [0.05, 0.1) is 18.3 Å². The van der Waals surface area contributed by atoms with E-state index >= 15 is 0 Å². The number of rotatable bonds is 5. The number of aliphatic carboxylic acids is 1. The molecule has 0 saturated carbocycles. The van der Waals surface area contributed by atoms with Gasteiger partial charge >= 0.3 is 5.97 Å². The maximum atomic E-state index is 12.6. The minimum absolute atomic E-state index is 0.0377. The Kier molecular flexibility index (Phi) is 5.41.